The summed E-state index contributed by atoms with van der Waals surface area (Å²) in [5, 5.41) is 2.16. The summed E-state index contributed by atoms with van der Waals surface area (Å²) in [7, 11) is -3.91. The molecular weight excluding hydrogens is 394 g/mol. The summed E-state index contributed by atoms with van der Waals surface area (Å²) in [4.78, 5) is 12.2. The first-order valence-corrected chi connectivity index (χ1v) is 9.88. The summed E-state index contributed by atoms with van der Waals surface area (Å²) < 4.78 is 63.6. The van der Waals surface area contributed by atoms with Crippen molar-refractivity contribution in [2.24, 2.45) is 0 Å². The van der Waals surface area contributed by atoms with Crippen LogP contribution in [0.25, 0.3) is 0 Å². The first kappa shape index (κ1) is 21.8. The first-order chi connectivity index (χ1) is 12.9. The molecule has 0 aliphatic carbocycles. The van der Waals surface area contributed by atoms with Crippen molar-refractivity contribution in [2.45, 2.75) is 44.4 Å². The standard InChI is InChI=1S/C18H22F2N2O5S/c1-11(10-26-14-6-5-12(19)9-13(14)20)21-17(23)15-7-8-16(27-15)28(24,25)22-18(2,3)4/h5-9,11,22H,10H2,1-4H3,(H,21,23). The fourth-order valence-corrected chi connectivity index (χ4v) is 3.54. The largest absolute Gasteiger partial charge is 0.488 e. The van der Waals surface area contributed by atoms with Crippen molar-refractivity contribution >= 4 is 15.9 Å². The molecule has 2 rings (SSSR count). The van der Waals surface area contributed by atoms with Crippen molar-refractivity contribution in [1.29, 1.82) is 0 Å². The van der Waals surface area contributed by atoms with E-state index in [0.717, 1.165) is 12.1 Å². The summed E-state index contributed by atoms with van der Waals surface area (Å²) in [6.07, 6.45) is 0. The number of furan rings is 1. The maximum Gasteiger partial charge on any atom is 0.287 e. The number of carbonyl (C=O) groups excluding carboxylic acids is 1. The Hall–Kier alpha value is -2.46. The summed E-state index contributed by atoms with van der Waals surface area (Å²) in [5.74, 6) is -2.59. The van der Waals surface area contributed by atoms with Gasteiger partial charge in [-0.3, -0.25) is 4.79 Å². The van der Waals surface area contributed by atoms with Gasteiger partial charge in [-0.1, -0.05) is 0 Å². The van der Waals surface area contributed by atoms with E-state index in [9.17, 15) is 22.0 Å². The summed E-state index contributed by atoms with van der Waals surface area (Å²) in [5.41, 5.74) is -0.713. The maximum absolute atomic E-state index is 13.5. The Bertz CT molecular complexity index is 951. The molecule has 1 atom stereocenters. The number of carbonyl (C=O) groups is 1. The smallest absolute Gasteiger partial charge is 0.287 e. The molecule has 2 N–H and O–H groups in total. The Morgan fingerprint density at radius 2 is 1.89 bits per heavy atom. The lowest BCUT2D eigenvalue weighted by Crippen LogP contribution is -2.40. The molecule has 0 aliphatic rings. The van der Waals surface area contributed by atoms with Crippen molar-refractivity contribution in [3.63, 3.8) is 0 Å². The van der Waals surface area contributed by atoms with E-state index in [1.165, 1.54) is 12.1 Å². The number of nitrogens with one attached hydrogen (secondary N) is 2. The second kappa shape index (κ2) is 8.27. The van der Waals surface area contributed by atoms with Gasteiger partial charge in [-0.05, 0) is 52.0 Å². The molecule has 2 aromatic rings. The molecule has 28 heavy (non-hydrogen) atoms. The van der Waals surface area contributed by atoms with Crippen molar-refractivity contribution < 1.29 is 31.1 Å². The van der Waals surface area contributed by atoms with Gasteiger partial charge in [0.15, 0.2) is 17.3 Å². The molecule has 1 aromatic carbocycles. The lowest BCUT2D eigenvalue weighted by Gasteiger charge is -2.19. The van der Waals surface area contributed by atoms with E-state index in [2.05, 4.69) is 10.0 Å². The van der Waals surface area contributed by atoms with Gasteiger partial charge in [0.1, 0.15) is 12.4 Å². The summed E-state index contributed by atoms with van der Waals surface area (Å²) in [6, 6.07) is 4.74. The molecule has 0 saturated carbocycles. The number of halogens is 2. The fraction of sp³-hybridized carbons (Fsp3) is 0.389. The highest BCUT2D eigenvalue weighted by molar-refractivity contribution is 7.89. The quantitative estimate of drug-likeness (QED) is 0.723. The third-order valence-electron chi connectivity index (χ3n) is 3.27. The number of rotatable bonds is 7. The lowest BCUT2D eigenvalue weighted by atomic mass is 10.1. The van der Waals surface area contributed by atoms with Crippen LogP contribution in [0.1, 0.15) is 38.2 Å². The minimum atomic E-state index is -3.91. The zero-order valence-electron chi connectivity index (χ0n) is 15.9. The SMILES string of the molecule is CC(COc1ccc(F)cc1F)NC(=O)c1ccc(S(=O)(=O)NC(C)(C)C)o1. The van der Waals surface area contributed by atoms with Crippen molar-refractivity contribution in [1.82, 2.24) is 10.0 Å². The van der Waals surface area contributed by atoms with Crippen LogP contribution >= 0.6 is 0 Å². The predicted octanol–water partition coefficient (Wildman–Crippen LogP) is 2.83. The number of amides is 1. The highest BCUT2D eigenvalue weighted by Crippen LogP contribution is 2.18. The molecule has 154 valence electrons. The van der Waals surface area contributed by atoms with Gasteiger partial charge in [-0.2, -0.15) is 0 Å². The van der Waals surface area contributed by atoms with Crippen LogP contribution < -0.4 is 14.8 Å². The molecule has 0 radical (unpaired) electrons. The van der Waals surface area contributed by atoms with Gasteiger partial charge in [-0.15, -0.1) is 0 Å². The van der Waals surface area contributed by atoms with Gasteiger partial charge in [-0.25, -0.2) is 21.9 Å². The Kier molecular flexibility index (Phi) is 6.45. The van der Waals surface area contributed by atoms with Crippen LogP contribution in [0.3, 0.4) is 0 Å². The van der Waals surface area contributed by atoms with Crippen LogP contribution in [-0.4, -0.2) is 32.5 Å². The van der Waals surface area contributed by atoms with Gasteiger partial charge in [0, 0.05) is 11.6 Å². The van der Waals surface area contributed by atoms with Crippen molar-refractivity contribution in [3.8, 4) is 5.75 Å². The van der Waals surface area contributed by atoms with Crippen molar-refractivity contribution in [2.75, 3.05) is 6.61 Å². The van der Waals surface area contributed by atoms with Gasteiger partial charge >= 0.3 is 0 Å². The van der Waals surface area contributed by atoms with Gasteiger partial charge in [0.25, 0.3) is 15.9 Å². The van der Waals surface area contributed by atoms with Crippen molar-refractivity contribution in [3.05, 3.63) is 47.7 Å². The molecule has 1 unspecified atom stereocenters. The zero-order valence-corrected chi connectivity index (χ0v) is 16.7. The van der Waals surface area contributed by atoms with E-state index < -0.39 is 39.1 Å². The molecule has 10 heteroatoms. The van der Waals surface area contributed by atoms with Gasteiger partial charge in [0.05, 0.1) is 6.04 Å². The van der Waals surface area contributed by atoms with Crippen LogP contribution in [0.4, 0.5) is 8.78 Å². The second-order valence-electron chi connectivity index (χ2n) is 7.23. The van der Waals surface area contributed by atoms with E-state index >= 15 is 0 Å². The first-order valence-electron chi connectivity index (χ1n) is 8.40. The molecule has 0 fully saturated rings. The maximum atomic E-state index is 13.5. The molecule has 0 bridgehead atoms. The molecular formula is C18H22F2N2O5S. The van der Waals surface area contributed by atoms with E-state index in [4.69, 9.17) is 9.15 Å². The van der Waals surface area contributed by atoms with Crippen LogP contribution in [0.5, 0.6) is 5.75 Å². The molecule has 0 spiro atoms. The molecule has 0 saturated heterocycles. The lowest BCUT2D eigenvalue weighted by molar-refractivity contribution is 0.0892. The van der Waals surface area contributed by atoms with Gasteiger partial charge in [0.2, 0.25) is 5.09 Å². The number of ether oxygens (including phenoxy) is 1. The van der Waals surface area contributed by atoms with Crippen LogP contribution in [0, 0.1) is 11.6 Å². The normalized spacial score (nSPS) is 13.2. The third kappa shape index (κ3) is 6.03. The summed E-state index contributed by atoms with van der Waals surface area (Å²) >= 11 is 0. The van der Waals surface area contributed by atoms with Crippen LogP contribution in [-0.2, 0) is 10.0 Å². The molecule has 7 nitrogen and oxygen atoms in total. The van der Waals surface area contributed by atoms with E-state index in [0.29, 0.717) is 6.07 Å². The predicted molar refractivity (Wildman–Crippen MR) is 97.6 cm³/mol. The number of sulfonamides is 1. The fourth-order valence-electron chi connectivity index (χ4n) is 2.18. The molecule has 1 aromatic heterocycles. The number of benzene rings is 1. The highest BCUT2D eigenvalue weighted by atomic mass is 32.2. The Morgan fingerprint density at radius 1 is 1.21 bits per heavy atom. The Labute approximate surface area is 162 Å². The Balaban J connectivity index is 1.96. The monoisotopic (exact) mass is 416 g/mol. The minimum Gasteiger partial charge on any atom is -0.488 e. The average molecular weight is 416 g/mol. The van der Waals surface area contributed by atoms with Gasteiger partial charge < -0.3 is 14.5 Å². The number of hydrogen-bond acceptors (Lipinski definition) is 5. The van der Waals surface area contributed by atoms with Crippen LogP contribution in [0.2, 0.25) is 0 Å². The van der Waals surface area contributed by atoms with E-state index in [1.807, 2.05) is 0 Å². The topological polar surface area (TPSA) is 97.6 Å². The highest BCUT2D eigenvalue weighted by Gasteiger charge is 2.26. The molecule has 1 amide bonds. The Morgan fingerprint density at radius 3 is 2.50 bits per heavy atom. The van der Waals surface area contributed by atoms with Crippen LogP contribution in [0.15, 0.2) is 39.8 Å². The molecule has 1 heterocycles. The third-order valence-corrected chi connectivity index (χ3v) is 4.90. The summed E-state index contributed by atoms with van der Waals surface area (Å²) in [6.45, 7) is 6.53. The zero-order chi connectivity index (χ0) is 21.1. The van der Waals surface area contributed by atoms with E-state index in [1.54, 1.807) is 27.7 Å². The average Bonchev–Trinajstić information content (AvgIpc) is 3.02. The number of hydrogen-bond donors (Lipinski definition) is 2. The minimum absolute atomic E-state index is 0.0915. The molecule has 0 aliphatic heterocycles. The van der Waals surface area contributed by atoms with E-state index in [-0.39, 0.29) is 23.2 Å². The second-order valence-corrected chi connectivity index (χ2v) is 8.85.